The molecule has 0 spiro atoms. The van der Waals surface area contributed by atoms with Crippen LogP contribution in [-0.4, -0.2) is 9.92 Å². The number of para-hydroxylation sites is 1. The normalized spacial score (nSPS) is 17.2. The first-order valence-electron chi connectivity index (χ1n) is 8.43. The van der Waals surface area contributed by atoms with E-state index in [0.29, 0.717) is 0 Å². The second-order valence-electron chi connectivity index (χ2n) is 6.01. The molecule has 0 bridgehead atoms. The summed E-state index contributed by atoms with van der Waals surface area (Å²) in [4.78, 5) is 0. The first kappa shape index (κ1) is 16.5. The van der Waals surface area contributed by atoms with E-state index in [1.165, 1.54) is 0 Å². The van der Waals surface area contributed by atoms with Crippen LogP contribution in [0.3, 0.4) is 0 Å². The minimum Gasteiger partial charge on any atom is -0.240 e. The van der Waals surface area contributed by atoms with Gasteiger partial charge in [0.2, 0.25) is 0 Å². The quantitative estimate of drug-likeness (QED) is 0.648. The van der Waals surface area contributed by atoms with Gasteiger partial charge in [-0.15, -0.1) is 0 Å². The third kappa shape index (κ3) is 3.00. The fourth-order valence-electron chi connectivity index (χ4n) is 3.11. The molecule has 0 radical (unpaired) electrons. The van der Waals surface area contributed by atoms with Crippen LogP contribution in [-0.2, 0) is 11.2 Å². The van der Waals surface area contributed by atoms with Gasteiger partial charge in [0, 0.05) is 11.1 Å². The molecule has 1 atom stereocenters. The van der Waals surface area contributed by atoms with Crippen molar-refractivity contribution in [1.82, 2.24) is 0 Å². The molecule has 1 unspecified atom stereocenters. The number of allylic oxidation sites excluding steroid dienone is 1. The Hall–Kier alpha value is -2.98. The second kappa shape index (κ2) is 7.10. The van der Waals surface area contributed by atoms with E-state index in [1.807, 2.05) is 97.9 Å². The van der Waals surface area contributed by atoms with Crippen molar-refractivity contribution in [1.29, 1.82) is 0 Å². The molecule has 1 aliphatic rings. The molecule has 3 aromatic rings. The smallest absolute Gasteiger partial charge is 0.240 e. The Morgan fingerprint density at radius 1 is 0.731 bits per heavy atom. The van der Waals surface area contributed by atoms with Crippen LogP contribution in [0.25, 0.3) is 5.70 Å². The predicted molar refractivity (Wildman–Crippen MR) is 109 cm³/mol. The van der Waals surface area contributed by atoms with Crippen LogP contribution in [0, 0.1) is 0 Å². The monoisotopic (exact) mass is 358 g/mol. The fourth-order valence-corrected chi connectivity index (χ4v) is 4.29. The van der Waals surface area contributed by atoms with Crippen LogP contribution in [0.2, 0.25) is 0 Å². The van der Waals surface area contributed by atoms with Gasteiger partial charge in [-0.3, -0.25) is 0 Å². The zero-order chi connectivity index (χ0) is 17.9. The van der Waals surface area contributed by atoms with Crippen molar-refractivity contribution < 1.29 is 4.21 Å². The summed E-state index contributed by atoms with van der Waals surface area (Å²) in [6.45, 7) is 2.04. The number of anilines is 1. The molecule has 0 amide bonds. The van der Waals surface area contributed by atoms with Crippen molar-refractivity contribution in [3.05, 3.63) is 108 Å². The Kier molecular flexibility index (Phi) is 4.50. The summed E-state index contributed by atoms with van der Waals surface area (Å²) in [5.41, 5.74) is 5.55. The van der Waals surface area contributed by atoms with Gasteiger partial charge in [-0.1, -0.05) is 78.9 Å². The first-order chi connectivity index (χ1) is 12.8. The van der Waals surface area contributed by atoms with Gasteiger partial charge >= 0.3 is 0 Å². The molecule has 0 saturated carbocycles. The lowest BCUT2D eigenvalue weighted by Crippen LogP contribution is -2.30. The van der Waals surface area contributed by atoms with Crippen LogP contribution in [0.4, 0.5) is 5.69 Å². The maximum absolute atomic E-state index is 13.1. The summed E-state index contributed by atoms with van der Waals surface area (Å²) in [5, 5.41) is 0. The van der Waals surface area contributed by atoms with Gasteiger partial charge in [-0.05, 0) is 24.6 Å². The van der Waals surface area contributed by atoms with Crippen molar-refractivity contribution in [2.24, 2.45) is 4.40 Å². The second-order valence-corrected chi connectivity index (χ2v) is 7.02. The summed E-state index contributed by atoms with van der Waals surface area (Å²) in [7, 11) is 0. The van der Waals surface area contributed by atoms with E-state index < -0.39 is 11.2 Å². The molecule has 128 valence electrons. The van der Waals surface area contributed by atoms with Gasteiger partial charge in [0.05, 0.1) is 17.1 Å². The predicted octanol–water partition coefficient (Wildman–Crippen LogP) is 5.01. The van der Waals surface area contributed by atoms with Crippen molar-refractivity contribution in [3.8, 4) is 0 Å². The maximum Gasteiger partial charge on any atom is 0.250 e. The number of benzene rings is 3. The summed E-state index contributed by atoms with van der Waals surface area (Å²) < 4.78 is 19.4. The lowest BCUT2D eigenvalue weighted by atomic mass is 9.98. The summed E-state index contributed by atoms with van der Waals surface area (Å²) in [6.07, 6.45) is 0. The van der Waals surface area contributed by atoms with Gasteiger partial charge in [0.1, 0.15) is 0 Å². The zero-order valence-corrected chi connectivity index (χ0v) is 15.2. The molecular weight excluding hydrogens is 340 g/mol. The van der Waals surface area contributed by atoms with E-state index >= 15 is 0 Å². The molecule has 3 aromatic carbocycles. The fraction of sp³-hybridized carbons (Fsp3) is 0.0455. The van der Waals surface area contributed by atoms with E-state index in [4.69, 9.17) is 0 Å². The topological polar surface area (TPSA) is 32.7 Å². The lowest BCUT2D eigenvalue weighted by molar-refractivity contribution is 0.684. The molecule has 0 saturated heterocycles. The van der Waals surface area contributed by atoms with Crippen LogP contribution in [0.1, 0.15) is 18.1 Å². The highest BCUT2D eigenvalue weighted by Crippen LogP contribution is 2.35. The third-order valence-electron chi connectivity index (χ3n) is 4.32. The van der Waals surface area contributed by atoms with Crippen LogP contribution >= 0.6 is 0 Å². The van der Waals surface area contributed by atoms with E-state index in [2.05, 4.69) is 4.40 Å². The lowest BCUT2D eigenvalue weighted by Gasteiger charge is -2.30. The number of nitrogens with zero attached hydrogens (tertiary/aromatic N) is 2. The Balaban J connectivity index is 1.93. The average molecular weight is 358 g/mol. The summed E-state index contributed by atoms with van der Waals surface area (Å²) in [5.74, 6) is 0. The van der Waals surface area contributed by atoms with Crippen molar-refractivity contribution in [2.45, 2.75) is 6.92 Å². The third-order valence-corrected chi connectivity index (χ3v) is 5.37. The highest BCUT2D eigenvalue weighted by Gasteiger charge is 2.29. The Bertz CT molecular complexity index is 996. The largest absolute Gasteiger partial charge is 0.250 e. The zero-order valence-electron chi connectivity index (χ0n) is 14.4. The van der Waals surface area contributed by atoms with E-state index in [-0.39, 0.29) is 0 Å². The van der Waals surface area contributed by atoms with Gasteiger partial charge < -0.3 is 0 Å². The van der Waals surface area contributed by atoms with Crippen LogP contribution < -0.4 is 4.31 Å². The van der Waals surface area contributed by atoms with Crippen molar-refractivity contribution >= 4 is 28.3 Å². The van der Waals surface area contributed by atoms with Gasteiger partial charge in [0.25, 0.3) is 11.2 Å². The number of rotatable bonds is 3. The Morgan fingerprint density at radius 3 is 1.81 bits per heavy atom. The van der Waals surface area contributed by atoms with Gasteiger partial charge in [0.15, 0.2) is 0 Å². The standard InChI is InChI=1S/C22H18N2OS/c1-17-21(18-11-5-2-6-12-18)23-26(25)24(20-15-9-4-10-16-20)22(17)19-13-7-3-8-14-19/h2-16H,1H3. The van der Waals surface area contributed by atoms with Crippen LogP contribution in [0.5, 0.6) is 0 Å². The molecule has 0 aliphatic carbocycles. The number of hydrogen-bond acceptors (Lipinski definition) is 1. The average Bonchev–Trinajstić information content (AvgIpc) is 2.71. The maximum atomic E-state index is 13.1. The van der Waals surface area contributed by atoms with Gasteiger partial charge in [-0.25, -0.2) is 8.51 Å². The summed E-state index contributed by atoms with van der Waals surface area (Å²) in [6, 6.07) is 29.7. The molecule has 26 heavy (non-hydrogen) atoms. The molecule has 0 aromatic heterocycles. The van der Waals surface area contributed by atoms with Crippen molar-refractivity contribution in [2.75, 3.05) is 4.31 Å². The van der Waals surface area contributed by atoms with E-state index in [0.717, 1.165) is 33.8 Å². The molecular formula is C22H18N2OS. The molecule has 3 nitrogen and oxygen atoms in total. The van der Waals surface area contributed by atoms with Gasteiger partial charge in [-0.2, -0.15) is 4.40 Å². The molecule has 4 rings (SSSR count). The highest BCUT2D eigenvalue weighted by atomic mass is 32.2. The molecule has 1 heterocycles. The molecule has 0 N–H and O–H groups in total. The molecule has 4 heteroatoms. The Labute approximate surface area is 156 Å². The SMILES string of the molecule is CC1=C(c2ccccc2)N(c2ccccc2)S(=O)N=C1c1ccccc1. The minimum atomic E-state index is -1.55. The van der Waals surface area contributed by atoms with E-state index in [9.17, 15) is 4.21 Å². The minimum absolute atomic E-state index is 0.773. The number of hydrogen-bond donors (Lipinski definition) is 0. The Morgan fingerprint density at radius 2 is 1.23 bits per heavy atom. The summed E-state index contributed by atoms with van der Waals surface area (Å²) >= 11 is -1.55. The van der Waals surface area contributed by atoms with Crippen LogP contribution in [0.15, 0.2) is 101 Å². The first-order valence-corrected chi connectivity index (χ1v) is 9.50. The van der Waals surface area contributed by atoms with Crippen molar-refractivity contribution in [3.63, 3.8) is 0 Å². The molecule has 1 aliphatic heterocycles. The highest BCUT2D eigenvalue weighted by molar-refractivity contribution is 7.86. The van der Waals surface area contributed by atoms with E-state index in [1.54, 1.807) is 4.31 Å². The molecule has 0 fully saturated rings.